The van der Waals surface area contributed by atoms with Gasteiger partial charge in [0.15, 0.2) is 0 Å². The van der Waals surface area contributed by atoms with Crippen molar-refractivity contribution in [2.75, 3.05) is 0 Å². The lowest BCUT2D eigenvalue weighted by atomic mass is 9.47. The van der Waals surface area contributed by atoms with Crippen molar-refractivity contribution < 1.29 is 4.79 Å². The molecule has 0 bridgehead atoms. The molecule has 4 rings (SSSR count). The third-order valence-electron chi connectivity index (χ3n) is 7.88. The van der Waals surface area contributed by atoms with Crippen LogP contribution in [0.15, 0.2) is 35.5 Å². The number of hydrogen-bond acceptors (Lipinski definition) is 1. The van der Waals surface area contributed by atoms with Crippen LogP contribution in [0.4, 0.5) is 0 Å². The van der Waals surface area contributed by atoms with Gasteiger partial charge in [0.2, 0.25) is 0 Å². The highest BCUT2D eigenvalue weighted by Gasteiger charge is 2.59. The van der Waals surface area contributed by atoms with Crippen molar-refractivity contribution >= 4 is 5.78 Å². The molecule has 0 spiro atoms. The van der Waals surface area contributed by atoms with Gasteiger partial charge in [0, 0.05) is 17.3 Å². The van der Waals surface area contributed by atoms with E-state index in [2.05, 4.69) is 39.5 Å². The first-order valence-electron chi connectivity index (χ1n) is 8.99. The quantitative estimate of drug-likeness (QED) is 0.597. The van der Waals surface area contributed by atoms with Crippen LogP contribution < -0.4 is 0 Å². The van der Waals surface area contributed by atoms with E-state index in [9.17, 15) is 4.79 Å². The maximum Gasteiger partial charge on any atom is 0.139 e. The fourth-order valence-electron chi connectivity index (χ4n) is 6.46. The predicted octanol–water partition coefficient (Wildman–Crippen LogP) is 5.24. The van der Waals surface area contributed by atoms with Crippen LogP contribution in [0.5, 0.6) is 0 Å². The van der Waals surface area contributed by atoms with Gasteiger partial charge in [-0.15, -0.1) is 0 Å². The molecule has 0 aromatic carbocycles. The highest BCUT2D eigenvalue weighted by molar-refractivity contribution is 5.87. The van der Waals surface area contributed by atoms with E-state index in [1.165, 1.54) is 30.4 Å². The van der Waals surface area contributed by atoms with Crippen LogP contribution in [0.1, 0.15) is 59.3 Å². The second kappa shape index (κ2) is 4.46. The molecule has 0 amide bonds. The van der Waals surface area contributed by atoms with E-state index in [1.54, 1.807) is 5.57 Å². The van der Waals surface area contributed by atoms with Crippen molar-refractivity contribution in [1.29, 1.82) is 0 Å². The van der Waals surface area contributed by atoms with Crippen molar-refractivity contribution in [3.8, 4) is 0 Å². The summed E-state index contributed by atoms with van der Waals surface area (Å²) in [5.41, 5.74) is 4.48. The standard InChI is InChI=1S/C21H28O/c1-13-11-14(2)21(4)15(12-13)5-6-16-17-7-8-19(22)20(17,3)10-9-18(16)21/h11-12,16-18H,1,5-10H2,2-4H3. The molecule has 5 unspecified atom stereocenters. The molecule has 0 aliphatic heterocycles. The number of hydrogen-bond donors (Lipinski definition) is 0. The topological polar surface area (TPSA) is 17.1 Å². The third kappa shape index (κ3) is 1.63. The van der Waals surface area contributed by atoms with E-state index in [1.807, 2.05) is 0 Å². The van der Waals surface area contributed by atoms with Crippen molar-refractivity contribution in [1.82, 2.24) is 0 Å². The summed E-state index contributed by atoms with van der Waals surface area (Å²) in [6, 6.07) is 0. The summed E-state index contributed by atoms with van der Waals surface area (Å²) in [4.78, 5) is 12.4. The average Bonchev–Trinajstić information content (AvgIpc) is 2.77. The minimum Gasteiger partial charge on any atom is -0.299 e. The van der Waals surface area contributed by atoms with Crippen LogP contribution in [0.2, 0.25) is 0 Å². The van der Waals surface area contributed by atoms with E-state index < -0.39 is 0 Å². The molecule has 5 atom stereocenters. The lowest BCUT2D eigenvalue weighted by Gasteiger charge is -2.57. The molecule has 1 nitrogen and oxygen atoms in total. The van der Waals surface area contributed by atoms with Crippen molar-refractivity contribution in [3.05, 3.63) is 35.5 Å². The zero-order chi connectivity index (χ0) is 15.7. The average molecular weight is 296 g/mol. The first-order chi connectivity index (χ1) is 10.4. The van der Waals surface area contributed by atoms with Gasteiger partial charge >= 0.3 is 0 Å². The van der Waals surface area contributed by atoms with Gasteiger partial charge in [-0.3, -0.25) is 4.79 Å². The van der Waals surface area contributed by atoms with Crippen LogP contribution in [0.25, 0.3) is 0 Å². The second-order valence-corrected chi connectivity index (χ2v) is 8.61. The Kier molecular flexibility index (Phi) is 2.94. The molecule has 118 valence electrons. The SMILES string of the molecule is C=C1C=C(C)C2(C)C(=C1)CCC1C3CCC(=O)C3(C)CCC12. The van der Waals surface area contributed by atoms with Crippen LogP contribution >= 0.6 is 0 Å². The maximum atomic E-state index is 12.4. The van der Waals surface area contributed by atoms with E-state index in [0.717, 1.165) is 31.1 Å². The fourth-order valence-corrected chi connectivity index (χ4v) is 6.46. The Labute approximate surface area is 134 Å². The first kappa shape index (κ1) is 14.5. The van der Waals surface area contributed by atoms with Crippen molar-refractivity contribution in [2.45, 2.75) is 59.3 Å². The second-order valence-electron chi connectivity index (χ2n) is 8.61. The van der Waals surface area contributed by atoms with Gasteiger partial charge < -0.3 is 0 Å². The Hall–Kier alpha value is -1.11. The summed E-state index contributed by atoms with van der Waals surface area (Å²) < 4.78 is 0. The minimum atomic E-state index is -0.00533. The lowest BCUT2D eigenvalue weighted by Crippen LogP contribution is -2.50. The largest absolute Gasteiger partial charge is 0.299 e. The van der Waals surface area contributed by atoms with Gasteiger partial charge in [0.1, 0.15) is 5.78 Å². The molecular weight excluding hydrogens is 268 g/mol. The van der Waals surface area contributed by atoms with E-state index in [0.29, 0.717) is 11.7 Å². The van der Waals surface area contributed by atoms with E-state index >= 15 is 0 Å². The number of fused-ring (bicyclic) bond motifs is 5. The summed E-state index contributed by atoms with van der Waals surface area (Å²) in [6.45, 7) is 11.2. The number of allylic oxidation sites excluding steroid dienone is 5. The zero-order valence-corrected chi connectivity index (χ0v) is 14.2. The van der Waals surface area contributed by atoms with Gasteiger partial charge in [0.05, 0.1) is 0 Å². The van der Waals surface area contributed by atoms with Gasteiger partial charge in [-0.2, -0.15) is 0 Å². The van der Waals surface area contributed by atoms with Crippen LogP contribution in [-0.2, 0) is 4.79 Å². The highest BCUT2D eigenvalue weighted by Crippen LogP contribution is 2.65. The summed E-state index contributed by atoms with van der Waals surface area (Å²) in [5.74, 6) is 2.64. The molecular formula is C21H28O. The van der Waals surface area contributed by atoms with Gasteiger partial charge in [-0.1, -0.05) is 43.7 Å². The fraction of sp³-hybridized carbons (Fsp3) is 0.667. The molecule has 3 fully saturated rings. The van der Waals surface area contributed by atoms with E-state index in [4.69, 9.17) is 0 Å². The summed E-state index contributed by atoms with van der Waals surface area (Å²) in [5, 5.41) is 0. The Morgan fingerprint density at radius 3 is 2.64 bits per heavy atom. The molecule has 0 aromatic heterocycles. The van der Waals surface area contributed by atoms with Gasteiger partial charge in [-0.05, 0) is 62.4 Å². The molecule has 0 aromatic rings. The molecule has 0 N–H and O–H groups in total. The summed E-state index contributed by atoms with van der Waals surface area (Å²) in [7, 11) is 0. The molecule has 0 saturated heterocycles. The van der Waals surface area contributed by atoms with E-state index in [-0.39, 0.29) is 10.8 Å². The van der Waals surface area contributed by atoms with Crippen LogP contribution in [-0.4, -0.2) is 5.78 Å². The summed E-state index contributed by atoms with van der Waals surface area (Å²) in [6.07, 6.45) is 11.4. The normalized spacial score (nSPS) is 47.3. The number of ketones is 1. The van der Waals surface area contributed by atoms with Crippen molar-refractivity contribution in [3.63, 3.8) is 0 Å². The molecule has 1 heteroatoms. The Bertz CT molecular complexity index is 622. The number of carbonyl (C=O) groups is 1. The summed E-state index contributed by atoms with van der Waals surface area (Å²) >= 11 is 0. The highest BCUT2D eigenvalue weighted by atomic mass is 16.1. The maximum absolute atomic E-state index is 12.4. The predicted molar refractivity (Wildman–Crippen MR) is 90.4 cm³/mol. The first-order valence-corrected chi connectivity index (χ1v) is 8.99. The van der Waals surface area contributed by atoms with Crippen molar-refractivity contribution in [2.24, 2.45) is 28.6 Å². The molecule has 22 heavy (non-hydrogen) atoms. The van der Waals surface area contributed by atoms with Gasteiger partial charge in [-0.25, -0.2) is 0 Å². The third-order valence-corrected chi connectivity index (χ3v) is 7.88. The molecule has 0 radical (unpaired) electrons. The Balaban J connectivity index is 1.75. The minimum absolute atomic E-state index is 0.00533. The number of carbonyl (C=O) groups excluding carboxylic acids is 1. The Morgan fingerprint density at radius 2 is 1.86 bits per heavy atom. The number of rotatable bonds is 0. The smallest absolute Gasteiger partial charge is 0.139 e. The van der Waals surface area contributed by atoms with Gasteiger partial charge in [0.25, 0.3) is 0 Å². The molecule has 3 saturated carbocycles. The molecule has 4 aliphatic carbocycles. The zero-order valence-electron chi connectivity index (χ0n) is 14.2. The number of Topliss-reactive ketones (excluding diaryl/α,β-unsaturated/α-hetero) is 1. The molecule has 4 aliphatic rings. The monoisotopic (exact) mass is 296 g/mol. The van der Waals surface area contributed by atoms with Crippen LogP contribution in [0.3, 0.4) is 0 Å². The Morgan fingerprint density at radius 1 is 1.09 bits per heavy atom. The molecule has 0 heterocycles. The lowest BCUT2D eigenvalue weighted by molar-refractivity contribution is -0.131. The van der Waals surface area contributed by atoms with Crippen LogP contribution in [0, 0.1) is 28.6 Å².